The fourth-order valence-corrected chi connectivity index (χ4v) is 2.28. The van der Waals surface area contributed by atoms with Crippen LogP contribution in [0.3, 0.4) is 0 Å². The van der Waals surface area contributed by atoms with Crippen molar-refractivity contribution in [2.75, 3.05) is 26.7 Å². The standard InChI is InChI=1S/C13H23N3O4/c1-3-9(12(18)19)8-15-13(20)16-6-4-10(5-7-16)11(17)14-2/h9-10H,3-8H2,1-2H3,(H,14,17)(H,15,20)(H,18,19). The van der Waals surface area contributed by atoms with Crippen LogP contribution in [0.1, 0.15) is 26.2 Å². The van der Waals surface area contributed by atoms with E-state index < -0.39 is 11.9 Å². The largest absolute Gasteiger partial charge is 0.481 e. The van der Waals surface area contributed by atoms with Crippen molar-refractivity contribution < 1.29 is 19.5 Å². The fourth-order valence-electron chi connectivity index (χ4n) is 2.28. The Morgan fingerprint density at radius 1 is 1.30 bits per heavy atom. The number of rotatable bonds is 5. The van der Waals surface area contributed by atoms with Crippen molar-refractivity contribution in [3.8, 4) is 0 Å². The number of amides is 3. The minimum Gasteiger partial charge on any atom is -0.481 e. The lowest BCUT2D eigenvalue weighted by Gasteiger charge is -2.31. The second-order valence-corrected chi connectivity index (χ2v) is 5.01. The molecule has 1 rings (SSSR count). The molecule has 1 saturated heterocycles. The first-order valence-electron chi connectivity index (χ1n) is 6.96. The summed E-state index contributed by atoms with van der Waals surface area (Å²) in [6, 6.07) is -0.250. The molecule has 114 valence electrons. The lowest BCUT2D eigenvalue weighted by atomic mass is 9.96. The average Bonchev–Trinajstić information content (AvgIpc) is 2.46. The Morgan fingerprint density at radius 3 is 2.35 bits per heavy atom. The average molecular weight is 285 g/mol. The number of likely N-dealkylation sites (tertiary alicyclic amines) is 1. The van der Waals surface area contributed by atoms with E-state index in [1.54, 1.807) is 18.9 Å². The van der Waals surface area contributed by atoms with Crippen molar-refractivity contribution in [3.63, 3.8) is 0 Å². The Morgan fingerprint density at radius 2 is 1.90 bits per heavy atom. The van der Waals surface area contributed by atoms with Gasteiger partial charge in [0.2, 0.25) is 5.91 Å². The van der Waals surface area contributed by atoms with E-state index in [0.717, 1.165) is 0 Å². The van der Waals surface area contributed by atoms with Crippen molar-refractivity contribution >= 4 is 17.9 Å². The topological polar surface area (TPSA) is 98.7 Å². The highest BCUT2D eigenvalue weighted by Crippen LogP contribution is 2.17. The normalized spacial score (nSPS) is 17.4. The van der Waals surface area contributed by atoms with Gasteiger partial charge in [0.15, 0.2) is 0 Å². The summed E-state index contributed by atoms with van der Waals surface area (Å²) in [5.74, 6) is -1.47. The van der Waals surface area contributed by atoms with Crippen LogP contribution in [-0.4, -0.2) is 54.6 Å². The number of urea groups is 1. The number of carbonyl (C=O) groups excluding carboxylic acids is 2. The number of aliphatic carboxylic acids is 1. The molecular formula is C13H23N3O4. The third-order valence-electron chi connectivity index (χ3n) is 3.74. The van der Waals surface area contributed by atoms with Crippen LogP contribution in [0.15, 0.2) is 0 Å². The molecule has 0 aromatic heterocycles. The van der Waals surface area contributed by atoms with Crippen LogP contribution in [-0.2, 0) is 9.59 Å². The molecule has 0 aromatic carbocycles. The second-order valence-electron chi connectivity index (χ2n) is 5.01. The number of piperidine rings is 1. The van der Waals surface area contributed by atoms with Gasteiger partial charge in [-0.15, -0.1) is 0 Å². The third-order valence-corrected chi connectivity index (χ3v) is 3.74. The predicted molar refractivity (Wildman–Crippen MR) is 73.2 cm³/mol. The molecule has 0 radical (unpaired) electrons. The molecule has 1 unspecified atom stereocenters. The summed E-state index contributed by atoms with van der Waals surface area (Å²) in [7, 11) is 1.61. The molecule has 20 heavy (non-hydrogen) atoms. The smallest absolute Gasteiger partial charge is 0.317 e. The maximum absolute atomic E-state index is 11.9. The summed E-state index contributed by atoms with van der Waals surface area (Å²) >= 11 is 0. The van der Waals surface area contributed by atoms with Crippen LogP contribution < -0.4 is 10.6 Å². The first kappa shape index (κ1) is 16.3. The number of carboxylic acids is 1. The van der Waals surface area contributed by atoms with Gasteiger partial charge >= 0.3 is 12.0 Å². The van der Waals surface area contributed by atoms with Gasteiger partial charge in [0, 0.05) is 32.6 Å². The van der Waals surface area contributed by atoms with Crippen LogP contribution in [0.4, 0.5) is 4.79 Å². The quantitative estimate of drug-likeness (QED) is 0.675. The maximum atomic E-state index is 11.9. The maximum Gasteiger partial charge on any atom is 0.317 e. The molecule has 7 nitrogen and oxygen atoms in total. The summed E-state index contributed by atoms with van der Waals surface area (Å²) in [4.78, 5) is 35.9. The van der Waals surface area contributed by atoms with Crippen LogP contribution in [0.25, 0.3) is 0 Å². The molecule has 1 aliphatic rings. The predicted octanol–water partition coefficient (Wildman–Crippen LogP) is 0.265. The van der Waals surface area contributed by atoms with Gasteiger partial charge in [-0.1, -0.05) is 6.92 Å². The highest BCUT2D eigenvalue weighted by molar-refractivity contribution is 5.79. The Bertz CT molecular complexity index is 365. The number of carbonyl (C=O) groups is 3. The first-order valence-corrected chi connectivity index (χ1v) is 6.96. The Kier molecular flexibility index (Phi) is 6.27. The van der Waals surface area contributed by atoms with Gasteiger partial charge in [-0.2, -0.15) is 0 Å². The monoisotopic (exact) mass is 285 g/mol. The molecule has 1 fully saturated rings. The summed E-state index contributed by atoms with van der Waals surface area (Å²) in [6.07, 6.45) is 1.76. The molecule has 0 aliphatic carbocycles. The van der Waals surface area contributed by atoms with Crippen molar-refractivity contribution in [2.24, 2.45) is 11.8 Å². The Hall–Kier alpha value is -1.79. The van der Waals surface area contributed by atoms with E-state index in [9.17, 15) is 14.4 Å². The number of nitrogens with one attached hydrogen (secondary N) is 2. The molecule has 7 heteroatoms. The summed E-state index contributed by atoms with van der Waals surface area (Å²) in [5.41, 5.74) is 0. The Balaban J connectivity index is 2.36. The van der Waals surface area contributed by atoms with Crippen LogP contribution in [0.5, 0.6) is 0 Å². The second kappa shape index (κ2) is 7.72. The molecule has 0 aromatic rings. The van der Waals surface area contributed by atoms with Gasteiger partial charge in [0.25, 0.3) is 0 Å². The van der Waals surface area contributed by atoms with Crippen molar-refractivity contribution in [3.05, 3.63) is 0 Å². The van der Waals surface area contributed by atoms with Gasteiger partial charge in [0.1, 0.15) is 0 Å². The molecule has 3 N–H and O–H groups in total. The van der Waals surface area contributed by atoms with E-state index in [2.05, 4.69) is 10.6 Å². The zero-order chi connectivity index (χ0) is 15.1. The fraction of sp³-hybridized carbons (Fsp3) is 0.769. The SMILES string of the molecule is CCC(CNC(=O)N1CCC(C(=O)NC)CC1)C(=O)O. The van der Waals surface area contributed by atoms with E-state index in [0.29, 0.717) is 32.4 Å². The van der Waals surface area contributed by atoms with E-state index in [4.69, 9.17) is 5.11 Å². The van der Waals surface area contributed by atoms with Crippen LogP contribution in [0.2, 0.25) is 0 Å². The lowest BCUT2D eigenvalue weighted by molar-refractivity contribution is -0.141. The molecule has 3 amide bonds. The van der Waals surface area contributed by atoms with Crippen molar-refractivity contribution in [1.29, 1.82) is 0 Å². The zero-order valence-corrected chi connectivity index (χ0v) is 12.0. The van der Waals surface area contributed by atoms with Gasteiger partial charge in [-0.3, -0.25) is 9.59 Å². The minimum atomic E-state index is -0.897. The van der Waals surface area contributed by atoms with Crippen molar-refractivity contribution in [2.45, 2.75) is 26.2 Å². The van der Waals surface area contributed by atoms with Crippen LogP contribution >= 0.6 is 0 Å². The molecule has 0 bridgehead atoms. The summed E-state index contributed by atoms with van der Waals surface area (Å²) < 4.78 is 0. The Labute approximate surface area is 118 Å². The molecule has 1 heterocycles. The van der Waals surface area contributed by atoms with Gasteiger partial charge in [-0.25, -0.2) is 4.79 Å². The lowest BCUT2D eigenvalue weighted by Crippen LogP contribution is -2.47. The third kappa shape index (κ3) is 4.40. The van der Waals surface area contributed by atoms with Gasteiger partial charge in [0.05, 0.1) is 5.92 Å². The molecule has 1 atom stereocenters. The molecular weight excluding hydrogens is 262 g/mol. The van der Waals surface area contributed by atoms with E-state index in [1.165, 1.54) is 0 Å². The number of nitrogens with zero attached hydrogens (tertiary/aromatic N) is 1. The van der Waals surface area contributed by atoms with Gasteiger partial charge < -0.3 is 20.6 Å². The number of carboxylic acid groups (broad SMARTS) is 1. The molecule has 1 aliphatic heterocycles. The van der Waals surface area contributed by atoms with E-state index in [1.807, 2.05) is 0 Å². The molecule has 0 saturated carbocycles. The summed E-state index contributed by atoms with van der Waals surface area (Å²) in [6.45, 7) is 2.96. The van der Waals surface area contributed by atoms with E-state index in [-0.39, 0.29) is 24.4 Å². The van der Waals surface area contributed by atoms with E-state index >= 15 is 0 Å². The molecule has 0 spiro atoms. The zero-order valence-electron chi connectivity index (χ0n) is 12.0. The number of hydrogen-bond donors (Lipinski definition) is 3. The first-order chi connectivity index (χ1) is 9.49. The van der Waals surface area contributed by atoms with Crippen molar-refractivity contribution in [1.82, 2.24) is 15.5 Å². The highest BCUT2D eigenvalue weighted by atomic mass is 16.4. The summed E-state index contributed by atoms with van der Waals surface area (Å²) in [5, 5.41) is 14.2. The van der Waals surface area contributed by atoms with Gasteiger partial charge in [-0.05, 0) is 19.3 Å². The minimum absolute atomic E-state index is 0.0157. The highest BCUT2D eigenvalue weighted by Gasteiger charge is 2.27. The van der Waals surface area contributed by atoms with Crippen LogP contribution in [0, 0.1) is 11.8 Å². The number of hydrogen-bond acceptors (Lipinski definition) is 3.